The van der Waals surface area contributed by atoms with Gasteiger partial charge in [-0.3, -0.25) is 4.98 Å². The second-order valence-electron chi connectivity index (χ2n) is 5.16. The van der Waals surface area contributed by atoms with E-state index in [2.05, 4.69) is 9.97 Å². The highest BCUT2D eigenvalue weighted by Crippen LogP contribution is 2.27. The molecule has 0 saturated heterocycles. The Bertz CT molecular complexity index is 892. The predicted octanol–water partition coefficient (Wildman–Crippen LogP) is 3.08. The molecule has 1 aromatic carbocycles. The van der Waals surface area contributed by atoms with Crippen molar-refractivity contribution in [2.75, 3.05) is 12.8 Å². The van der Waals surface area contributed by atoms with E-state index >= 15 is 0 Å². The van der Waals surface area contributed by atoms with E-state index in [1.807, 2.05) is 11.4 Å². The largest absolute Gasteiger partial charge is 0.496 e. The first-order chi connectivity index (χ1) is 11.6. The highest BCUT2D eigenvalue weighted by molar-refractivity contribution is 7.14. The van der Waals surface area contributed by atoms with E-state index in [1.54, 1.807) is 24.5 Å². The molecule has 0 amide bonds. The topological polar surface area (TPSA) is 98.3 Å². The highest BCUT2D eigenvalue weighted by Gasteiger charge is 2.12. The number of nitrogens with two attached hydrogens (primary N) is 1. The number of carboxylic acids is 1. The molecule has 0 atom stereocenters. The average Bonchev–Trinajstić information content (AvgIpc) is 3.01. The number of thiophene rings is 1. The van der Waals surface area contributed by atoms with Gasteiger partial charge in [0, 0.05) is 23.7 Å². The average molecular weight is 341 g/mol. The molecule has 3 N–H and O–H groups in total. The number of aromatic carboxylic acids is 1. The lowest BCUT2D eigenvalue weighted by atomic mass is 10.1. The lowest BCUT2D eigenvalue weighted by Gasteiger charge is -2.08. The molecule has 0 aliphatic rings. The first kappa shape index (κ1) is 15.9. The summed E-state index contributed by atoms with van der Waals surface area (Å²) in [6.07, 6.45) is 3.92. The quantitative estimate of drug-likeness (QED) is 0.740. The van der Waals surface area contributed by atoms with Crippen LogP contribution in [0.4, 0.5) is 5.69 Å². The molecule has 0 unspecified atom stereocenters. The van der Waals surface area contributed by atoms with Gasteiger partial charge in [0.25, 0.3) is 0 Å². The van der Waals surface area contributed by atoms with Gasteiger partial charge in [0.15, 0.2) is 0 Å². The maximum atomic E-state index is 11.1. The molecule has 122 valence electrons. The smallest absolute Gasteiger partial charge is 0.339 e. The van der Waals surface area contributed by atoms with Gasteiger partial charge < -0.3 is 15.6 Å². The molecule has 0 spiro atoms. The van der Waals surface area contributed by atoms with Crippen LogP contribution in [0, 0.1) is 0 Å². The molecule has 3 rings (SSSR count). The van der Waals surface area contributed by atoms with Gasteiger partial charge in [-0.1, -0.05) is 6.07 Å². The number of nitrogen functional groups attached to an aromatic ring is 1. The Morgan fingerprint density at radius 3 is 2.83 bits per heavy atom. The Morgan fingerprint density at radius 2 is 2.17 bits per heavy atom. The van der Waals surface area contributed by atoms with Gasteiger partial charge >= 0.3 is 5.97 Å². The third kappa shape index (κ3) is 3.36. The van der Waals surface area contributed by atoms with Crippen molar-refractivity contribution < 1.29 is 14.6 Å². The third-order valence-electron chi connectivity index (χ3n) is 3.44. The molecule has 0 radical (unpaired) electrons. The fourth-order valence-electron chi connectivity index (χ4n) is 2.33. The number of nitrogens with zero attached hydrogens (tertiary/aromatic N) is 2. The highest BCUT2D eigenvalue weighted by atomic mass is 32.1. The molecule has 0 fully saturated rings. The summed E-state index contributed by atoms with van der Waals surface area (Å²) in [7, 11) is 1.45. The standard InChI is InChI=1S/C17H15N3O3S/c1-23-15-5-10(2-3-13(15)17(21)22)4-12-7-19-8-14(20-12)16-6-11(18)9-24-16/h2-3,5-9H,4,18H2,1H3,(H,21,22). The summed E-state index contributed by atoms with van der Waals surface area (Å²) in [6, 6.07) is 6.86. The zero-order chi connectivity index (χ0) is 17.1. The van der Waals surface area contributed by atoms with Crippen LogP contribution < -0.4 is 10.5 Å². The summed E-state index contributed by atoms with van der Waals surface area (Å²) in [6.45, 7) is 0. The zero-order valence-corrected chi connectivity index (χ0v) is 13.7. The summed E-state index contributed by atoms with van der Waals surface area (Å²) in [5, 5.41) is 11.0. The first-order valence-electron chi connectivity index (χ1n) is 7.12. The molecule has 0 aliphatic carbocycles. The summed E-state index contributed by atoms with van der Waals surface area (Å²) in [4.78, 5) is 20.9. The summed E-state index contributed by atoms with van der Waals surface area (Å²) in [5.41, 5.74) is 9.03. The number of carbonyl (C=O) groups is 1. The second kappa shape index (κ2) is 6.67. The molecular weight excluding hydrogens is 326 g/mol. The predicted molar refractivity (Wildman–Crippen MR) is 92.5 cm³/mol. The van der Waals surface area contributed by atoms with E-state index in [0.717, 1.165) is 21.8 Å². The Kier molecular flexibility index (Phi) is 4.43. The van der Waals surface area contributed by atoms with Crippen molar-refractivity contribution in [2.45, 2.75) is 6.42 Å². The first-order valence-corrected chi connectivity index (χ1v) is 8.00. The Morgan fingerprint density at radius 1 is 1.33 bits per heavy atom. The van der Waals surface area contributed by atoms with Gasteiger partial charge in [-0.25, -0.2) is 9.78 Å². The van der Waals surface area contributed by atoms with Crippen molar-refractivity contribution in [3.63, 3.8) is 0 Å². The van der Waals surface area contributed by atoms with E-state index in [-0.39, 0.29) is 5.56 Å². The number of aromatic nitrogens is 2. The van der Waals surface area contributed by atoms with E-state index in [4.69, 9.17) is 15.6 Å². The van der Waals surface area contributed by atoms with Gasteiger partial charge in [-0.2, -0.15) is 0 Å². The molecule has 7 heteroatoms. The van der Waals surface area contributed by atoms with Crippen molar-refractivity contribution in [3.05, 3.63) is 58.9 Å². The SMILES string of the molecule is COc1cc(Cc2cncc(-c3cc(N)cs3)n2)ccc1C(=O)O. The van der Waals surface area contributed by atoms with Crippen LogP contribution in [-0.2, 0) is 6.42 Å². The number of methoxy groups -OCH3 is 1. The summed E-state index contributed by atoms with van der Waals surface area (Å²) >= 11 is 1.52. The number of benzene rings is 1. The lowest BCUT2D eigenvalue weighted by molar-refractivity contribution is 0.0693. The van der Waals surface area contributed by atoms with Gasteiger partial charge in [-0.05, 0) is 23.8 Å². The maximum Gasteiger partial charge on any atom is 0.339 e. The van der Waals surface area contributed by atoms with Crippen LogP contribution in [0.1, 0.15) is 21.6 Å². The fourth-order valence-corrected chi connectivity index (χ4v) is 3.08. The molecular formula is C17H15N3O3S. The Balaban J connectivity index is 1.87. The van der Waals surface area contributed by atoms with Crippen LogP contribution in [0.2, 0.25) is 0 Å². The van der Waals surface area contributed by atoms with Crippen LogP contribution >= 0.6 is 11.3 Å². The minimum Gasteiger partial charge on any atom is -0.496 e. The number of anilines is 1. The van der Waals surface area contributed by atoms with Gasteiger partial charge in [0.05, 0.1) is 29.6 Å². The number of carboxylic acid groups (broad SMARTS) is 1. The van der Waals surface area contributed by atoms with Crippen molar-refractivity contribution >= 4 is 23.0 Å². The minimum absolute atomic E-state index is 0.134. The number of ether oxygens (including phenoxy) is 1. The van der Waals surface area contributed by atoms with Gasteiger partial charge in [0.2, 0.25) is 0 Å². The Hall–Kier alpha value is -2.93. The van der Waals surface area contributed by atoms with Crippen molar-refractivity contribution in [3.8, 4) is 16.3 Å². The molecule has 24 heavy (non-hydrogen) atoms. The van der Waals surface area contributed by atoms with Crippen molar-refractivity contribution in [1.82, 2.24) is 9.97 Å². The fraction of sp³-hybridized carbons (Fsp3) is 0.118. The molecule has 0 aliphatic heterocycles. The third-order valence-corrected chi connectivity index (χ3v) is 4.41. The number of hydrogen-bond acceptors (Lipinski definition) is 6. The van der Waals surface area contributed by atoms with Crippen LogP contribution in [-0.4, -0.2) is 28.2 Å². The number of rotatable bonds is 5. The van der Waals surface area contributed by atoms with E-state index in [1.165, 1.54) is 24.5 Å². The Labute approximate surface area is 142 Å². The summed E-state index contributed by atoms with van der Waals surface area (Å²) < 4.78 is 5.15. The number of hydrogen-bond donors (Lipinski definition) is 2. The van der Waals surface area contributed by atoms with E-state index < -0.39 is 5.97 Å². The van der Waals surface area contributed by atoms with Crippen LogP contribution in [0.25, 0.3) is 10.6 Å². The van der Waals surface area contributed by atoms with Crippen LogP contribution in [0.3, 0.4) is 0 Å². The molecule has 2 aromatic heterocycles. The summed E-state index contributed by atoms with van der Waals surface area (Å²) in [5.74, 6) is -0.689. The molecule has 2 heterocycles. The molecule has 0 bridgehead atoms. The lowest BCUT2D eigenvalue weighted by Crippen LogP contribution is -2.02. The van der Waals surface area contributed by atoms with E-state index in [0.29, 0.717) is 17.9 Å². The zero-order valence-electron chi connectivity index (χ0n) is 12.9. The molecule has 3 aromatic rings. The van der Waals surface area contributed by atoms with Gasteiger partial charge in [-0.15, -0.1) is 11.3 Å². The van der Waals surface area contributed by atoms with Crippen molar-refractivity contribution in [1.29, 1.82) is 0 Å². The van der Waals surface area contributed by atoms with E-state index in [9.17, 15) is 4.79 Å². The monoisotopic (exact) mass is 341 g/mol. The molecule has 6 nitrogen and oxygen atoms in total. The van der Waals surface area contributed by atoms with Crippen LogP contribution in [0.5, 0.6) is 5.75 Å². The normalized spacial score (nSPS) is 10.5. The van der Waals surface area contributed by atoms with Crippen molar-refractivity contribution in [2.24, 2.45) is 0 Å². The maximum absolute atomic E-state index is 11.1. The van der Waals surface area contributed by atoms with Gasteiger partial charge in [0.1, 0.15) is 11.3 Å². The molecule has 0 saturated carbocycles. The van der Waals surface area contributed by atoms with Crippen LogP contribution in [0.15, 0.2) is 42.0 Å². The minimum atomic E-state index is -1.02. The second-order valence-corrected chi connectivity index (χ2v) is 6.07.